The molecule has 1 aliphatic carbocycles. The van der Waals surface area contributed by atoms with Gasteiger partial charge in [0.2, 0.25) is 0 Å². The minimum Gasteiger partial charge on any atom is -0.464 e. The summed E-state index contributed by atoms with van der Waals surface area (Å²) in [5.74, 6) is -0.367. The van der Waals surface area contributed by atoms with E-state index in [9.17, 15) is 9.59 Å². The Morgan fingerprint density at radius 1 is 1.24 bits per heavy atom. The first-order valence-corrected chi connectivity index (χ1v) is 7.14. The maximum Gasteiger partial charge on any atom is 0.332 e. The van der Waals surface area contributed by atoms with Crippen LogP contribution < -0.4 is 10.6 Å². The summed E-state index contributed by atoms with van der Waals surface area (Å²) in [6.07, 6.45) is 0.583. The minimum absolute atomic E-state index is 0.288. The largest absolute Gasteiger partial charge is 0.464 e. The van der Waals surface area contributed by atoms with Crippen molar-refractivity contribution < 1.29 is 14.3 Å². The number of nitrogens with one attached hydrogen (secondary N) is 2. The van der Waals surface area contributed by atoms with Crippen LogP contribution in [0.3, 0.4) is 0 Å². The van der Waals surface area contributed by atoms with E-state index in [1.54, 1.807) is 6.92 Å². The van der Waals surface area contributed by atoms with Gasteiger partial charge in [-0.05, 0) is 32.4 Å². The lowest BCUT2D eigenvalue weighted by atomic mass is 10.1. The standard InChI is InChI=1S/C16H22N2O3/c1-5-21-13(19)16(10-15(16,3)4)18-14(20)17-12-8-6-11(2)7-9-12/h6-9H,5,10H2,1-4H3,(H2,17,18,20). The van der Waals surface area contributed by atoms with Gasteiger partial charge in [-0.2, -0.15) is 0 Å². The number of esters is 1. The number of aryl methyl sites for hydroxylation is 1. The van der Waals surface area contributed by atoms with Crippen LogP contribution in [-0.4, -0.2) is 24.1 Å². The third kappa shape index (κ3) is 3.01. The average molecular weight is 290 g/mol. The summed E-state index contributed by atoms with van der Waals surface area (Å²) in [6, 6.07) is 7.08. The summed E-state index contributed by atoms with van der Waals surface area (Å²) in [5, 5.41) is 5.52. The van der Waals surface area contributed by atoms with E-state index in [0.717, 1.165) is 5.56 Å². The molecule has 1 atom stereocenters. The summed E-state index contributed by atoms with van der Waals surface area (Å²) < 4.78 is 5.09. The van der Waals surface area contributed by atoms with Crippen molar-refractivity contribution in [3.05, 3.63) is 29.8 Å². The maximum atomic E-state index is 12.1. The molecule has 0 bridgehead atoms. The van der Waals surface area contributed by atoms with Crippen LogP contribution >= 0.6 is 0 Å². The Hall–Kier alpha value is -2.04. The van der Waals surface area contributed by atoms with Crippen LogP contribution in [0.2, 0.25) is 0 Å². The van der Waals surface area contributed by atoms with Crippen LogP contribution in [0.15, 0.2) is 24.3 Å². The zero-order chi connectivity index (χ0) is 15.7. The van der Waals surface area contributed by atoms with Crippen molar-refractivity contribution in [2.45, 2.75) is 39.7 Å². The van der Waals surface area contributed by atoms with Crippen molar-refractivity contribution in [1.29, 1.82) is 0 Å². The molecular formula is C16H22N2O3. The smallest absolute Gasteiger partial charge is 0.332 e. The van der Waals surface area contributed by atoms with Gasteiger partial charge < -0.3 is 15.4 Å². The van der Waals surface area contributed by atoms with Crippen molar-refractivity contribution in [3.63, 3.8) is 0 Å². The molecule has 2 amide bonds. The van der Waals surface area contributed by atoms with Crippen molar-refractivity contribution >= 4 is 17.7 Å². The molecule has 2 rings (SSSR count). The summed E-state index contributed by atoms with van der Waals surface area (Å²) in [5.41, 5.74) is 0.602. The Balaban J connectivity index is 2.03. The van der Waals surface area contributed by atoms with Gasteiger partial charge in [-0.3, -0.25) is 0 Å². The molecule has 1 unspecified atom stereocenters. The number of hydrogen-bond donors (Lipinski definition) is 2. The second kappa shape index (κ2) is 5.39. The second-order valence-corrected chi connectivity index (χ2v) is 6.13. The molecule has 0 aliphatic heterocycles. The van der Waals surface area contributed by atoms with Crippen molar-refractivity contribution in [1.82, 2.24) is 5.32 Å². The molecular weight excluding hydrogens is 268 g/mol. The lowest BCUT2D eigenvalue weighted by Gasteiger charge is -2.20. The Morgan fingerprint density at radius 3 is 2.29 bits per heavy atom. The van der Waals surface area contributed by atoms with Crippen molar-refractivity contribution in [2.75, 3.05) is 11.9 Å². The molecule has 21 heavy (non-hydrogen) atoms. The third-order valence-corrected chi connectivity index (χ3v) is 4.00. The average Bonchev–Trinajstić information content (AvgIpc) is 2.95. The van der Waals surface area contributed by atoms with Gasteiger partial charge in [0, 0.05) is 11.1 Å². The SMILES string of the molecule is CCOC(=O)C1(NC(=O)Nc2ccc(C)cc2)CC1(C)C. The molecule has 1 saturated carbocycles. The van der Waals surface area contributed by atoms with Crippen LogP contribution in [0.1, 0.15) is 32.8 Å². The van der Waals surface area contributed by atoms with Gasteiger partial charge in [-0.1, -0.05) is 31.5 Å². The lowest BCUT2D eigenvalue weighted by molar-refractivity contribution is -0.147. The van der Waals surface area contributed by atoms with E-state index in [0.29, 0.717) is 18.7 Å². The van der Waals surface area contributed by atoms with E-state index < -0.39 is 11.6 Å². The molecule has 2 N–H and O–H groups in total. The van der Waals surface area contributed by atoms with Crippen LogP contribution in [-0.2, 0) is 9.53 Å². The fourth-order valence-corrected chi connectivity index (χ4v) is 2.48. The predicted molar refractivity (Wildman–Crippen MR) is 81.1 cm³/mol. The normalized spacial score (nSPS) is 22.3. The first-order valence-electron chi connectivity index (χ1n) is 7.14. The zero-order valence-corrected chi connectivity index (χ0v) is 12.9. The Bertz CT molecular complexity index is 551. The van der Waals surface area contributed by atoms with Crippen LogP contribution in [0, 0.1) is 12.3 Å². The monoisotopic (exact) mass is 290 g/mol. The summed E-state index contributed by atoms with van der Waals surface area (Å²) in [7, 11) is 0. The van der Waals surface area contributed by atoms with Gasteiger partial charge in [-0.15, -0.1) is 0 Å². The van der Waals surface area contributed by atoms with Crippen LogP contribution in [0.4, 0.5) is 10.5 Å². The van der Waals surface area contributed by atoms with Crippen molar-refractivity contribution in [3.8, 4) is 0 Å². The molecule has 114 valence electrons. The molecule has 0 heterocycles. The second-order valence-electron chi connectivity index (χ2n) is 6.13. The quantitative estimate of drug-likeness (QED) is 0.838. The number of carbonyl (C=O) groups excluding carboxylic acids is 2. The number of rotatable bonds is 4. The maximum absolute atomic E-state index is 12.1. The van der Waals surface area contributed by atoms with Gasteiger partial charge in [0.25, 0.3) is 0 Å². The number of hydrogen-bond acceptors (Lipinski definition) is 3. The zero-order valence-electron chi connectivity index (χ0n) is 12.9. The molecule has 1 aromatic rings. The third-order valence-electron chi connectivity index (χ3n) is 4.00. The number of urea groups is 1. The van der Waals surface area contributed by atoms with Crippen molar-refractivity contribution in [2.24, 2.45) is 5.41 Å². The van der Waals surface area contributed by atoms with Gasteiger partial charge in [-0.25, -0.2) is 9.59 Å². The fraction of sp³-hybridized carbons (Fsp3) is 0.500. The molecule has 1 aromatic carbocycles. The van der Waals surface area contributed by atoms with E-state index >= 15 is 0 Å². The number of ether oxygens (including phenoxy) is 1. The van der Waals surface area contributed by atoms with E-state index in [1.165, 1.54) is 0 Å². The molecule has 5 nitrogen and oxygen atoms in total. The predicted octanol–water partition coefficient (Wildman–Crippen LogP) is 2.85. The van der Waals surface area contributed by atoms with E-state index in [1.807, 2.05) is 45.0 Å². The lowest BCUT2D eigenvalue weighted by Crippen LogP contribution is -2.49. The molecule has 0 radical (unpaired) electrons. The molecule has 1 aliphatic rings. The first-order chi connectivity index (χ1) is 9.80. The van der Waals surface area contributed by atoms with E-state index in [2.05, 4.69) is 10.6 Å². The number of anilines is 1. The number of benzene rings is 1. The Labute approximate surface area is 125 Å². The van der Waals surface area contributed by atoms with Crippen LogP contribution in [0.5, 0.6) is 0 Å². The van der Waals surface area contributed by atoms with Crippen LogP contribution in [0.25, 0.3) is 0 Å². The molecule has 1 fully saturated rings. The van der Waals surface area contributed by atoms with Gasteiger partial charge in [0.15, 0.2) is 0 Å². The fourth-order valence-electron chi connectivity index (χ4n) is 2.48. The number of carbonyl (C=O) groups is 2. The molecule has 0 saturated heterocycles. The Morgan fingerprint density at radius 2 is 1.81 bits per heavy atom. The molecule has 5 heteroatoms. The van der Waals surface area contributed by atoms with E-state index in [-0.39, 0.29) is 11.4 Å². The van der Waals surface area contributed by atoms with Gasteiger partial charge >= 0.3 is 12.0 Å². The summed E-state index contributed by atoms with van der Waals surface area (Å²) in [4.78, 5) is 24.2. The van der Waals surface area contributed by atoms with Gasteiger partial charge in [0.1, 0.15) is 5.54 Å². The van der Waals surface area contributed by atoms with Gasteiger partial charge in [0.05, 0.1) is 6.61 Å². The first kappa shape index (κ1) is 15.4. The summed E-state index contributed by atoms with van der Waals surface area (Å²) in [6.45, 7) is 7.92. The summed E-state index contributed by atoms with van der Waals surface area (Å²) >= 11 is 0. The van der Waals surface area contributed by atoms with E-state index in [4.69, 9.17) is 4.74 Å². The Kier molecular flexibility index (Phi) is 3.94. The molecule has 0 spiro atoms. The topological polar surface area (TPSA) is 67.4 Å². The molecule has 0 aromatic heterocycles. The highest BCUT2D eigenvalue weighted by molar-refractivity contribution is 5.96. The highest BCUT2D eigenvalue weighted by Crippen LogP contribution is 2.56. The highest BCUT2D eigenvalue weighted by Gasteiger charge is 2.68. The minimum atomic E-state index is -0.919. The number of amides is 2. The highest BCUT2D eigenvalue weighted by atomic mass is 16.5.